The highest BCUT2D eigenvalue weighted by molar-refractivity contribution is 5.83. The molecular formula is C31H41N3O2. The number of nitrogens with zero attached hydrogens (tertiary/aromatic N) is 2. The predicted molar refractivity (Wildman–Crippen MR) is 145 cm³/mol. The summed E-state index contributed by atoms with van der Waals surface area (Å²) in [4.78, 5) is 9.76. The zero-order valence-electron chi connectivity index (χ0n) is 21.8. The lowest BCUT2D eigenvalue weighted by Gasteiger charge is -2.46. The summed E-state index contributed by atoms with van der Waals surface area (Å²) in [5, 5.41) is 9.27. The van der Waals surface area contributed by atoms with Crippen LogP contribution in [0.5, 0.6) is 0 Å². The van der Waals surface area contributed by atoms with Gasteiger partial charge in [0.05, 0.1) is 23.7 Å². The Labute approximate surface area is 215 Å². The van der Waals surface area contributed by atoms with Gasteiger partial charge in [-0.3, -0.25) is 5.26 Å². The second kappa shape index (κ2) is 9.92. The number of hydrogen-bond donors (Lipinski definition) is 2. The van der Waals surface area contributed by atoms with Gasteiger partial charge in [-0.2, -0.15) is 0 Å². The van der Waals surface area contributed by atoms with Crippen molar-refractivity contribution in [1.29, 1.82) is 0 Å². The van der Waals surface area contributed by atoms with Crippen LogP contribution in [0.3, 0.4) is 0 Å². The topological polar surface area (TPSA) is 73.3 Å². The van der Waals surface area contributed by atoms with Crippen LogP contribution in [0, 0.1) is 29.6 Å². The van der Waals surface area contributed by atoms with Gasteiger partial charge in [0.1, 0.15) is 5.82 Å². The number of aromatic nitrogens is 2. The first kappa shape index (κ1) is 24.1. The number of hydrogen-bond acceptors (Lipinski definition) is 4. The standard InChI is InChI=1S/C31H41N3O2/c1-3-28(32)21-11-13-25(24-14-12-23(36-35)15-19(24)2)22(17-21)16-20-7-6-8-26-27(20)18-34-30-10-5-4-9-29(30)33-31(26)34/h4-10,19,21-25,28,35H,3,11-18,32H2,1-2H3. The predicted octanol–water partition coefficient (Wildman–Crippen LogP) is 6.67. The van der Waals surface area contributed by atoms with Crippen molar-refractivity contribution < 1.29 is 10.1 Å². The molecule has 2 fully saturated rings. The number of rotatable bonds is 6. The second-order valence-electron chi connectivity index (χ2n) is 11.9. The van der Waals surface area contributed by atoms with Crippen LogP contribution in [-0.2, 0) is 17.9 Å². The molecule has 5 heteroatoms. The van der Waals surface area contributed by atoms with E-state index >= 15 is 0 Å². The van der Waals surface area contributed by atoms with Gasteiger partial charge in [0.2, 0.25) is 0 Å². The number of imidazole rings is 1. The van der Waals surface area contributed by atoms with Gasteiger partial charge in [0, 0.05) is 11.6 Å². The fraction of sp³-hybridized carbons (Fsp3) is 0.581. The molecule has 3 N–H and O–H groups in total. The summed E-state index contributed by atoms with van der Waals surface area (Å²) in [5.74, 6) is 4.40. The maximum absolute atomic E-state index is 9.27. The minimum Gasteiger partial charge on any atom is -0.327 e. The molecule has 2 aromatic carbocycles. The van der Waals surface area contributed by atoms with Crippen molar-refractivity contribution in [2.24, 2.45) is 35.3 Å². The van der Waals surface area contributed by atoms with Crippen molar-refractivity contribution in [2.45, 2.75) is 83.9 Å². The van der Waals surface area contributed by atoms with Crippen LogP contribution in [0.2, 0.25) is 0 Å². The lowest BCUT2D eigenvalue weighted by atomic mass is 9.60. The van der Waals surface area contributed by atoms with Crippen molar-refractivity contribution in [1.82, 2.24) is 9.55 Å². The summed E-state index contributed by atoms with van der Waals surface area (Å²) in [5.41, 5.74) is 13.2. The van der Waals surface area contributed by atoms with Gasteiger partial charge >= 0.3 is 0 Å². The molecule has 0 amide bonds. The SMILES string of the molecule is CCC(N)C1CCC(C2CCC(OO)CC2C)C(Cc2cccc3c2Cn2c-3nc3ccccc32)C1. The molecular weight excluding hydrogens is 446 g/mol. The van der Waals surface area contributed by atoms with Crippen molar-refractivity contribution >= 4 is 11.0 Å². The van der Waals surface area contributed by atoms with Gasteiger partial charge in [0.15, 0.2) is 0 Å². The van der Waals surface area contributed by atoms with E-state index in [1.807, 2.05) is 0 Å². The second-order valence-corrected chi connectivity index (χ2v) is 11.9. The van der Waals surface area contributed by atoms with Crippen LogP contribution >= 0.6 is 0 Å². The Bertz CT molecular complexity index is 1220. The van der Waals surface area contributed by atoms with Crippen molar-refractivity contribution in [3.8, 4) is 11.4 Å². The Balaban J connectivity index is 1.30. The Morgan fingerprint density at radius 2 is 1.89 bits per heavy atom. The normalized spacial score (nSPS) is 30.8. The molecule has 7 unspecified atom stereocenters. The Hall–Kier alpha value is -2.21. The molecule has 0 spiro atoms. The molecule has 5 nitrogen and oxygen atoms in total. The smallest absolute Gasteiger partial charge is 0.141 e. The van der Waals surface area contributed by atoms with Gasteiger partial charge in [-0.05, 0) is 104 Å². The van der Waals surface area contributed by atoms with E-state index in [9.17, 15) is 5.26 Å². The highest BCUT2D eigenvalue weighted by atomic mass is 17.1. The van der Waals surface area contributed by atoms with Crippen LogP contribution in [0.4, 0.5) is 0 Å². The lowest BCUT2D eigenvalue weighted by molar-refractivity contribution is -0.289. The quantitative estimate of drug-likeness (QED) is 0.235. The monoisotopic (exact) mass is 487 g/mol. The third kappa shape index (κ3) is 4.19. The highest BCUT2D eigenvalue weighted by Gasteiger charge is 2.41. The molecule has 6 rings (SSSR count). The van der Waals surface area contributed by atoms with E-state index in [0.29, 0.717) is 29.7 Å². The van der Waals surface area contributed by atoms with Crippen LogP contribution < -0.4 is 5.73 Å². The van der Waals surface area contributed by atoms with E-state index < -0.39 is 0 Å². The third-order valence-electron chi connectivity index (χ3n) is 10.0. The largest absolute Gasteiger partial charge is 0.327 e. The summed E-state index contributed by atoms with van der Waals surface area (Å²) in [6.45, 7) is 5.53. The first-order chi connectivity index (χ1) is 17.6. The van der Waals surface area contributed by atoms with Gasteiger partial charge in [-0.25, -0.2) is 9.87 Å². The fourth-order valence-electron chi connectivity index (χ4n) is 8.05. The molecule has 1 aliphatic heterocycles. The van der Waals surface area contributed by atoms with Crippen LogP contribution in [0.25, 0.3) is 22.4 Å². The number of fused-ring (bicyclic) bond motifs is 5. The first-order valence-electron chi connectivity index (χ1n) is 14.2. The van der Waals surface area contributed by atoms with E-state index in [1.165, 1.54) is 41.5 Å². The molecule has 2 saturated carbocycles. The highest BCUT2D eigenvalue weighted by Crippen LogP contribution is 2.48. The molecule has 0 bridgehead atoms. The van der Waals surface area contributed by atoms with Crippen molar-refractivity contribution in [2.75, 3.05) is 0 Å². The summed E-state index contributed by atoms with van der Waals surface area (Å²) >= 11 is 0. The Morgan fingerprint density at radius 1 is 1.06 bits per heavy atom. The molecule has 1 aromatic heterocycles. The molecule has 7 atom stereocenters. The molecule has 2 aliphatic carbocycles. The molecule has 3 aliphatic rings. The molecule has 0 radical (unpaired) electrons. The number of para-hydroxylation sites is 2. The van der Waals surface area contributed by atoms with Crippen LogP contribution in [0.1, 0.15) is 69.9 Å². The maximum Gasteiger partial charge on any atom is 0.141 e. The van der Waals surface area contributed by atoms with E-state index in [1.54, 1.807) is 0 Å². The average molecular weight is 488 g/mol. The van der Waals surface area contributed by atoms with Crippen LogP contribution in [-0.4, -0.2) is 27.0 Å². The zero-order valence-corrected chi connectivity index (χ0v) is 21.8. The average Bonchev–Trinajstić information content (AvgIpc) is 3.45. The lowest BCUT2D eigenvalue weighted by Crippen LogP contribution is -2.42. The molecule has 36 heavy (non-hydrogen) atoms. The van der Waals surface area contributed by atoms with Crippen molar-refractivity contribution in [3.05, 3.63) is 53.6 Å². The summed E-state index contributed by atoms with van der Waals surface area (Å²) < 4.78 is 2.40. The summed E-state index contributed by atoms with van der Waals surface area (Å²) in [6.07, 6.45) is 9.08. The van der Waals surface area contributed by atoms with E-state index in [2.05, 4.69) is 60.9 Å². The van der Waals surface area contributed by atoms with Gasteiger partial charge in [-0.15, -0.1) is 0 Å². The minimum atomic E-state index is 0.00839. The third-order valence-corrected chi connectivity index (χ3v) is 10.0. The van der Waals surface area contributed by atoms with E-state index in [0.717, 1.165) is 55.9 Å². The van der Waals surface area contributed by atoms with Gasteiger partial charge in [-0.1, -0.05) is 44.2 Å². The fourth-order valence-corrected chi connectivity index (χ4v) is 8.05. The van der Waals surface area contributed by atoms with E-state index in [4.69, 9.17) is 15.6 Å². The molecule has 192 valence electrons. The maximum atomic E-state index is 9.27. The first-order valence-corrected chi connectivity index (χ1v) is 14.2. The number of benzene rings is 2. The summed E-state index contributed by atoms with van der Waals surface area (Å²) in [6, 6.07) is 15.7. The van der Waals surface area contributed by atoms with Gasteiger partial charge in [0.25, 0.3) is 0 Å². The molecule has 2 heterocycles. The number of nitrogens with two attached hydrogens (primary N) is 1. The Morgan fingerprint density at radius 3 is 2.69 bits per heavy atom. The zero-order chi connectivity index (χ0) is 24.8. The summed E-state index contributed by atoms with van der Waals surface area (Å²) in [7, 11) is 0. The van der Waals surface area contributed by atoms with Crippen molar-refractivity contribution in [3.63, 3.8) is 0 Å². The molecule has 3 aromatic rings. The molecule has 0 saturated heterocycles. The van der Waals surface area contributed by atoms with Crippen LogP contribution in [0.15, 0.2) is 42.5 Å². The van der Waals surface area contributed by atoms with Gasteiger partial charge < -0.3 is 10.3 Å². The Kier molecular flexibility index (Phi) is 6.65. The minimum absolute atomic E-state index is 0.00839. The van der Waals surface area contributed by atoms with E-state index in [-0.39, 0.29) is 6.10 Å².